The van der Waals surface area contributed by atoms with E-state index in [1.54, 1.807) is 30.3 Å². The molecule has 9 heteroatoms. The van der Waals surface area contributed by atoms with Gasteiger partial charge in [0.1, 0.15) is 11.9 Å². The molecule has 0 spiro atoms. The van der Waals surface area contributed by atoms with Gasteiger partial charge in [0.25, 0.3) is 11.8 Å². The molecule has 0 aromatic heterocycles. The molecular formula is C25H22Cl3N3O3. The lowest BCUT2D eigenvalue weighted by molar-refractivity contribution is -0.127. The minimum atomic E-state index is -0.634. The third kappa shape index (κ3) is 5.25. The Balaban J connectivity index is 1.58. The van der Waals surface area contributed by atoms with Crippen LogP contribution in [0, 0.1) is 0 Å². The summed E-state index contributed by atoms with van der Waals surface area (Å²) in [5.41, 5.74) is 5.61. The van der Waals surface area contributed by atoms with E-state index in [2.05, 4.69) is 24.6 Å². The van der Waals surface area contributed by atoms with Gasteiger partial charge in [0.05, 0.1) is 10.6 Å². The molecule has 1 aliphatic rings. The van der Waals surface area contributed by atoms with Crippen molar-refractivity contribution in [2.24, 2.45) is 0 Å². The maximum absolute atomic E-state index is 13.4. The predicted octanol–water partition coefficient (Wildman–Crippen LogP) is 6.45. The van der Waals surface area contributed by atoms with Crippen LogP contribution in [0.5, 0.6) is 5.75 Å². The Morgan fingerprint density at radius 1 is 1.03 bits per heavy atom. The molecule has 176 valence electrons. The molecule has 6 nitrogen and oxygen atoms in total. The molecule has 2 amide bonds. The van der Waals surface area contributed by atoms with Gasteiger partial charge in [-0.1, -0.05) is 72.9 Å². The van der Waals surface area contributed by atoms with Crippen molar-refractivity contribution < 1.29 is 14.3 Å². The zero-order chi connectivity index (χ0) is 24.4. The van der Waals surface area contributed by atoms with Gasteiger partial charge in [0.2, 0.25) is 0 Å². The molecule has 1 atom stereocenters. The second-order valence-corrected chi connectivity index (χ2v) is 9.41. The molecular weight excluding hydrogens is 497 g/mol. The van der Waals surface area contributed by atoms with Crippen molar-refractivity contribution >= 4 is 52.3 Å². The second kappa shape index (κ2) is 10.1. The molecule has 0 radical (unpaired) electrons. The van der Waals surface area contributed by atoms with E-state index in [4.69, 9.17) is 39.5 Å². The first-order chi connectivity index (χ1) is 16.2. The number of carbonyl (C=O) groups excluding carboxylic acids is 2. The number of hydrogen-bond donors (Lipinski definition) is 2. The number of ether oxygens (including phenoxy) is 1. The van der Waals surface area contributed by atoms with Crippen LogP contribution in [0.25, 0.3) is 0 Å². The second-order valence-electron chi connectivity index (χ2n) is 8.13. The first-order valence-corrected chi connectivity index (χ1v) is 11.7. The van der Waals surface area contributed by atoms with Gasteiger partial charge in [-0.15, -0.1) is 0 Å². The molecule has 1 aliphatic heterocycles. The highest BCUT2D eigenvalue weighted by atomic mass is 35.5. The monoisotopic (exact) mass is 517 g/mol. The molecule has 0 bridgehead atoms. The highest BCUT2D eigenvalue weighted by molar-refractivity contribution is 6.35. The van der Waals surface area contributed by atoms with Crippen LogP contribution < -0.4 is 15.5 Å². The van der Waals surface area contributed by atoms with Crippen molar-refractivity contribution in [3.63, 3.8) is 0 Å². The summed E-state index contributed by atoms with van der Waals surface area (Å²) < 4.78 is 5.52. The fraction of sp³-hybridized carbons (Fsp3) is 0.200. The molecule has 0 fully saturated rings. The van der Waals surface area contributed by atoms with Crippen LogP contribution in [0.3, 0.4) is 0 Å². The smallest absolute Gasteiger partial charge is 0.276 e. The number of nitrogens with zero attached hydrogens (tertiary/aromatic N) is 1. The minimum absolute atomic E-state index is 0.280. The van der Waals surface area contributed by atoms with Crippen LogP contribution in [-0.2, 0) is 4.79 Å². The topological polar surface area (TPSA) is 70.7 Å². The van der Waals surface area contributed by atoms with E-state index < -0.39 is 18.0 Å². The van der Waals surface area contributed by atoms with Crippen molar-refractivity contribution in [1.29, 1.82) is 0 Å². The summed E-state index contributed by atoms with van der Waals surface area (Å²) in [6.45, 7) is 3.86. The summed E-state index contributed by atoms with van der Waals surface area (Å²) in [6.07, 6.45) is -0.634. The highest BCUT2D eigenvalue weighted by Gasteiger charge is 2.34. The van der Waals surface area contributed by atoms with Gasteiger partial charge in [-0.25, -0.2) is 5.01 Å². The van der Waals surface area contributed by atoms with Gasteiger partial charge in [0, 0.05) is 15.7 Å². The van der Waals surface area contributed by atoms with Crippen LogP contribution in [0.2, 0.25) is 15.1 Å². The number of amides is 2. The summed E-state index contributed by atoms with van der Waals surface area (Å²) in [5.74, 6) is -0.254. The molecule has 0 saturated carbocycles. The van der Waals surface area contributed by atoms with Crippen molar-refractivity contribution in [1.82, 2.24) is 10.4 Å². The van der Waals surface area contributed by atoms with Gasteiger partial charge in [-0.05, 0) is 53.4 Å². The molecule has 34 heavy (non-hydrogen) atoms. The maximum Gasteiger partial charge on any atom is 0.276 e. The average molecular weight is 519 g/mol. The third-order valence-corrected chi connectivity index (χ3v) is 6.16. The van der Waals surface area contributed by atoms with E-state index in [-0.39, 0.29) is 11.6 Å². The van der Waals surface area contributed by atoms with Crippen LogP contribution in [-0.4, -0.2) is 23.4 Å². The normalized spacial score (nSPS) is 15.1. The number of fused-ring (bicyclic) bond motifs is 1. The Labute approximate surface area is 212 Å². The van der Waals surface area contributed by atoms with Crippen LogP contribution in [0.1, 0.15) is 47.4 Å². The molecule has 4 rings (SSSR count). The lowest BCUT2D eigenvalue weighted by Crippen LogP contribution is -2.53. The lowest BCUT2D eigenvalue weighted by Gasteiger charge is -2.38. The fourth-order valence-electron chi connectivity index (χ4n) is 3.59. The Morgan fingerprint density at radius 3 is 2.38 bits per heavy atom. The van der Waals surface area contributed by atoms with E-state index >= 15 is 0 Å². The zero-order valence-corrected chi connectivity index (χ0v) is 20.7. The number of nitrogens with one attached hydrogen (secondary N) is 2. The summed E-state index contributed by atoms with van der Waals surface area (Å²) in [5, 5.41) is 5.72. The van der Waals surface area contributed by atoms with Gasteiger partial charge >= 0.3 is 0 Å². The van der Waals surface area contributed by atoms with Crippen molar-refractivity contribution in [2.75, 3.05) is 11.9 Å². The number of benzene rings is 3. The summed E-state index contributed by atoms with van der Waals surface area (Å²) in [7, 11) is 0. The van der Waals surface area contributed by atoms with E-state index in [1.165, 1.54) is 16.6 Å². The van der Waals surface area contributed by atoms with Gasteiger partial charge in [-0.2, -0.15) is 0 Å². The first-order valence-electron chi connectivity index (χ1n) is 10.6. The van der Waals surface area contributed by atoms with Crippen molar-refractivity contribution in [2.45, 2.75) is 25.9 Å². The number of carbonyl (C=O) groups is 2. The molecule has 3 aromatic rings. The highest BCUT2D eigenvalue weighted by Crippen LogP contribution is 2.34. The van der Waals surface area contributed by atoms with Crippen molar-refractivity contribution in [3.05, 3.63) is 92.4 Å². The Morgan fingerprint density at radius 2 is 1.71 bits per heavy atom. The van der Waals surface area contributed by atoms with E-state index in [0.29, 0.717) is 33.0 Å². The minimum Gasteiger partial charge on any atom is -0.482 e. The predicted molar refractivity (Wildman–Crippen MR) is 135 cm³/mol. The number of halogens is 3. The van der Waals surface area contributed by atoms with Gasteiger partial charge in [0.15, 0.2) is 6.61 Å². The molecule has 1 unspecified atom stereocenters. The maximum atomic E-state index is 13.4. The zero-order valence-electron chi connectivity index (χ0n) is 18.4. The number of hydrogen-bond acceptors (Lipinski definition) is 4. The SMILES string of the molecule is CC(C)c1ccc(C2Nc3ccc(Cl)cc3C(=O)N2NC(=O)COc2ccc(Cl)cc2Cl)cc1. The average Bonchev–Trinajstić information content (AvgIpc) is 2.80. The summed E-state index contributed by atoms with van der Waals surface area (Å²) in [4.78, 5) is 26.1. The van der Waals surface area contributed by atoms with E-state index in [1.807, 2.05) is 24.3 Å². The molecule has 0 aliphatic carbocycles. The van der Waals surface area contributed by atoms with Gasteiger partial charge in [-0.3, -0.25) is 15.0 Å². The Bertz CT molecular complexity index is 1230. The van der Waals surface area contributed by atoms with Crippen LogP contribution in [0.4, 0.5) is 5.69 Å². The van der Waals surface area contributed by atoms with E-state index in [0.717, 1.165) is 5.56 Å². The summed E-state index contributed by atoms with van der Waals surface area (Å²) in [6, 6.07) is 17.6. The fourth-order valence-corrected chi connectivity index (χ4v) is 4.23. The van der Waals surface area contributed by atoms with Gasteiger partial charge < -0.3 is 10.1 Å². The number of anilines is 1. The third-order valence-electron chi connectivity index (χ3n) is 5.40. The lowest BCUT2D eigenvalue weighted by atomic mass is 9.99. The molecule has 0 saturated heterocycles. The Hall–Kier alpha value is -2.93. The molecule has 3 aromatic carbocycles. The quantitative estimate of drug-likeness (QED) is 0.393. The first kappa shape index (κ1) is 24.2. The molecule has 1 heterocycles. The number of hydrazine groups is 1. The van der Waals surface area contributed by atoms with Crippen LogP contribution >= 0.6 is 34.8 Å². The largest absolute Gasteiger partial charge is 0.482 e. The Kier molecular flexibility index (Phi) is 7.22. The number of rotatable bonds is 6. The van der Waals surface area contributed by atoms with E-state index in [9.17, 15) is 9.59 Å². The molecule has 2 N–H and O–H groups in total. The standard InChI is InChI=1S/C25H22Cl3N3O3/c1-14(2)15-3-5-16(6-4-15)24-29-21-9-7-17(26)11-19(21)25(33)31(24)30-23(32)13-34-22-10-8-18(27)12-20(22)28/h3-12,14,24,29H,13H2,1-2H3,(H,30,32). The van der Waals surface area contributed by atoms with Crippen molar-refractivity contribution in [3.8, 4) is 5.75 Å². The summed E-state index contributed by atoms with van der Waals surface area (Å²) >= 11 is 18.1. The van der Waals surface area contributed by atoms with Crippen LogP contribution in [0.15, 0.2) is 60.7 Å².